The Kier molecular flexibility index (Phi) is 5.28. The van der Waals surface area contributed by atoms with Gasteiger partial charge in [-0.05, 0) is 43.0 Å². The third kappa shape index (κ3) is 3.40. The van der Waals surface area contributed by atoms with E-state index < -0.39 is 10.0 Å². The first-order chi connectivity index (χ1) is 16.3. The third-order valence-corrected chi connectivity index (χ3v) is 8.12. The number of para-hydroxylation sites is 1. The molecule has 1 aromatic heterocycles. The average Bonchev–Trinajstić information content (AvgIpc) is 3.18. The molecule has 0 atom stereocenters. The molecule has 2 heterocycles. The van der Waals surface area contributed by atoms with E-state index in [9.17, 15) is 18.0 Å². The fourth-order valence-corrected chi connectivity index (χ4v) is 6.25. The minimum Gasteiger partial charge on any atom is -0.320 e. The second-order valence-electron chi connectivity index (χ2n) is 8.30. The molecule has 5 rings (SSSR count). The van der Waals surface area contributed by atoms with Crippen molar-refractivity contribution in [2.45, 2.75) is 24.7 Å². The van der Waals surface area contributed by atoms with Gasteiger partial charge >= 0.3 is 0 Å². The van der Waals surface area contributed by atoms with E-state index in [1.165, 1.54) is 8.99 Å². The van der Waals surface area contributed by atoms with Gasteiger partial charge in [0.15, 0.2) is 0 Å². The van der Waals surface area contributed by atoms with E-state index in [-0.39, 0.29) is 30.1 Å². The van der Waals surface area contributed by atoms with Crippen LogP contribution in [0.1, 0.15) is 18.5 Å². The number of hydrogen-bond donors (Lipinski definition) is 1. The molecule has 0 aliphatic carbocycles. The molecule has 1 N–H and O–H groups in total. The maximum Gasteiger partial charge on any atom is 0.295 e. The van der Waals surface area contributed by atoms with Crippen molar-refractivity contribution in [3.63, 3.8) is 0 Å². The lowest BCUT2D eigenvalue weighted by atomic mass is 10.1. The van der Waals surface area contributed by atoms with E-state index in [0.717, 1.165) is 10.8 Å². The molecule has 0 spiro atoms. The van der Waals surface area contributed by atoms with Crippen LogP contribution in [0.25, 0.3) is 16.5 Å². The van der Waals surface area contributed by atoms with Gasteiger partial charge in [-0.3, -0.25) is 18.6 Å². The molecule has 0 radical (unpaired) electrons. The van der Waals surface area contributed by atoms with Gasteiger partial charge in [0, 0.05) is 25.4 Å². The van der Waals surface area contributed by atoms with Crippen LogP contribution in [-0.4, -0.2) is 30.2 Å². The molecule has 0 saturated carbocycles. The lowest BCUT2D eigenvalue weighted by Gasteiger charge is -2.18. The fourth-order valence-electron chi connectivity index (χ4n) is 4.50. The highest BCUT2D eigenvalue weighted by atomic mass is 32.2. The fraction of sp³-hybridized carbons (Fsp3) is 0.200. The van der Waals surface area contributed by atoms with Crippen molar-refractivity contribution in [2.24, 2.45) is 7.05 Å². The van der Waals surface area contributed by atoms with Gasteiger partial charge in [-0.1, -0.05) is 42.5 Å². The van der Waals surface area contributed by atoms with Gasteiger partial charge < -0.3 is 5.32 Å². The molecule has 0 saturated heterocycles. The zero-order valence-electron chi connectivity index (χ0n) is 18.9. The number of rotatable bonds is 6. The Morgan fingerprint density at radius 1 is 0.971 bits per heavy atom. The largest absolute Gasteiger partial charge is 0.320 e. The van der Waals surface area contributed by atoms with Crippen molar-refractivity contribution in [2.75, 3.05) is 16.2 Å². The minimum atomic E-state index is -3.66. The van der Waals surface area contributed by atoms with Gasteiger partial charge in [-0.15, -0.1) is 0 Å². The number of carbonyl (C=O) groups is 1. The number of nitrogens with zero attached hydrogens (tertiary/aromatic N) is 3. The SMILES string of the molecule is Cc1c(NC(=O)CCCN2c3cccc4cccc(c34)S2(=O)=O)c(=O)n(-c2ccccc2)n1C. The summed E-state index contributed by atoms with van der Waals surface area (Å²) >= 11 is 0. The van der Waals surface area contributed by atoms with Crippen LogP contribution in [0.15, 0.2) is 76.4 Å². The molecule has 34 heavy (non-hydrogen) atoms. The Hall–Kier alpha value is -3.85. The van der Waals surface area contributed by atoms with Crippen molar-refractivity contribution in [1.29, 1.82) is 0 Å². The first kappa shape index (κ1) is 22.0. The zero-order chi connectivity index (χ0) is 24.0. The van der Waals surface area contributed by atoms with Crippen LogP contribution in [0, 0.1) is 6.92 Å². The Morgan fingerprint density at radius 3 is 2.41 bits per heavy atom. The predicted octanol–water partition coefficient (Wildman–Crippen LogP) is 3.57. The van der Waals surface area contributed by atoms with Crippen LogP contribution < -0.4 is 15.2 Å². The van der Waals surface area contributed by atoms with Crippen LogP contribution in [0.3, 0.4) is 0 Å². The number of anilines is 2. The Bertz CT molecular complexity index is 1580. The lowest BCUT2D eigenvalue weighted by Crippen LogP contribution is -2.29. The first-order valence-electron chi connectivity index (χ1n) is 11.0. The molecular weight excluding hydrogens is 452 g/mol. The molecule has 9 heteroatoms. The Morgan fingerprint density at radius 2 is 1.68 bits per heavy atom. The number of aromatic nitrogens is 2. The molecule has 1 aliphatic rings. The maximum absolute atomic E-state index is 13.1. The van der Waals surface area contributed by atoms with Gasteiger partial charge in [0.1, 0.15) is 5.69 Å². The predicted molar refractivity (Wildman–Crippen MR) is 132 cm³/mol. The summed E-state index contributed by atoms with van der Waals surface area (Å²) < 4.78 is 30.7. The summed E-state index contributed by atoms with van der Waals surface area (Å²) in [5.74, 6) is -0.335. The maximum atomic E-state index is 13.1. The smallest absolute Gasteiger partial charge is 0.295 e. The van der Waals surface area contributed by atoms with Gasteiger partial charge in [0.2, 0.25) is 5.91 Å². The van der Waals surface area contributed by atoms with Crippen LogP contribution >= 0.6 is 0 Å². The van der Waals surface area contributed by atoms with Crippen LogP contribution in [0.2, 0.25) is 0 Å². The van der Waals surface area contributed by atoms with Crippen LogP contribution in [0.5, 0.6) is 0 Å². The zero-order valence-corrected chi connectivity index (χ0v) is 19.7. The summed E-state index contributed by atoms with van der Waals surface area (Å²) in [5, 5.41) is 4.32. The number of carbonyl (C=O) groups excluding carboxylic acids is 1. The minimum absolute atomic E-state index is 0.0808. The summed E-state index contributed by atoms with van der Waals surface area (Å²) in [4.78, 5) is 26.0. The highest BCUT2D eigenvalue weighted by Gasteiger charge is 2.35. The molecular formula is C25H24N4O4S. The molecule has 4 aromatic rings. The quantitative estimate of drug-likeness (QED) is 0.460. The van der Waals surface area contributed by atoms with E-state index in [1.54, 1.807) is 36.9 Å². The number of sulfonamides is 1. The summed E-state index contributed by atoms with van der Waals surface area (Å²) in [5.41, 5.74) is 1.88. The summed E-state index contributed by atoms with van der Waals surface area (Å²) in [6, 6.07) is 19.9. The van der Waals surface area contributed by atoms with E-state index in [1.807, 2.05) is 48.5 Å². The summed E-state index contributed by atoms with van der Waals surface area (Å²) in [6.45, 7) is 1.94. The summed E-state index contributed by atoms with van der Waals surface area (Å²) in [6.07, 6.45) is 0.394. The molecule has 3 aromatic carbocycles. The topological polar surface area (TPSA) is 93.4 Å². The summed E-state index contributed by atoms with van der Waals surface area (Å²) in [7, 11) is -1.90. The van der Waals surface area contributed by atoms with E-state index >= 15 is 0 Å². The lowest BCUT2D eigenvalue weighted by molar-refractivity contribution is -0.116. The second kappa shape index (κ2) is 8.18. The molecule has 0 unspecified atom stereocenters. The molecule has 0 fully saturated rings. The highest BCUT2D eigenvalue weighted by Crippen LogP contribution is 2.41. The highest BCUT2D eigenvalue weighted by molar-refractivity contribution is 7.93. The molecule has 0 bridgehead atoms. The van der Waals surface area contributed by atoms with Gasteiger partial charge in [-0.2, -0.15) is 0 Å². The Balaban J connectivity index is 1.31. The molecule has 1 amide bonds. The van der Waals surface area contributed by atoms with Crippen molar-refractivity contribution in [1.82, 2.24) is 9.36 Å². The van der Waals surface area contributed by atoms with E-state index in [0.29, 0.717) is 28.4 Å². The van der Waals surface area contributed by atoms with E-state index in [4.69, 9.17) is 0 Å². The van der Waals surface area contributed by atoms with Gasteiger partial charge in [0.25, 0.3) is 15.6 Å². The van der Waals surface area contributed by atoms with E-state index in [2.05, 4.69) is 5.32 Å². The number of nitrogens with one attached hydrogen (secondary N) is 1. The normalized spacial score (nSPS) is 14.0. The van der Waals surface area contributed by atoms with Crippen molar-refractivity contribution >= 4 is 38.1 Å². The standard InChI is InChI=1S/C25H24N4O4S/c1-17-24(25(31)29(27(17)2)19-11-4-3-5-12-19)26-22(30)15-8-16-28-20-13-6-9-18-10-7-14-21(23(18)20)34(28,32)33/h3-7,9-14H,8,15-16H2,1-2H3,(H,26,30). The monoisotopic (exact) mass is 476 g/mol. The van der Waals surface area contributed by atoms with Crippen molar-refractivity contribution in [3.05, 3.63) is 82.8 Å². The molecule has 8 nitrogen and oxygen atoms in total. The second-order valence-corrected chi connectivity index (χ2v) is 10.1. The van der Waals surface area contributed by atoms with Crippen LogP contribution in [-0.2, 0) is 21.9 Å². The number of amides is 1. The molecule has 174 valence electrons. The first-order valence-corrected chi connectivity index (χ1v) is 12.4. The third-order valence-electron chi connectivity index (χ3n) is 6.26. The van der Waals surface area contributed by atoms with Crippen molar-refractivity contribution in [3.8, 4) is 5.69 Å². The van der Waals surface area contributed by atoms with Gasteiger partial charge in [0.05, 0.1) is 22.0 Å². The van der Waals surface area contributed by atoms with Gasteiger partial charge in [-0.25, -0.2) is 13.1 Å². The Labute approximate surface area is 197 Å². The average molecular weight is 477 g/mol. The number of hydrogen-bond acceptors (Lipinski definition) is 4. The number of benzene rings is 3. The molecule has 1 aliphatic heterocycles. The van der Waals surface area contributed by atoms with Crippen LogP contribution in [0.4, 0.5) is 11.4 Å². The van der Waals surface area contributed by atoms with Crippen molar-refractivity contribution < 1.29 is 13.2 Å².